The molecule has 0 radical (unpaired) electrons. The minimum Gasteiger partial charge on any atom is -0.294 e. The number of nitrogens with zero attached hydrogens (tertiary/aromatic N) is 1. The molecule has 0 saturated carbocycles. The molecule has 0 unspecified atom stereocenters. The van der Waals surface area contributed by atoms with Crippen LogP contribution in [0.1, 0.15) is 27.2 Å². The van der Waals surface area contributed by atoms with Crippen LogP contribution in [0.25, 0.3) is 0 Å². The molecule has 3 heteroatoms. The van der Waals surface area contributed by atoms with Crippen LogP contribution in [0.5, 0.6) is 0 Å². The number of aromatic nitrogens is 1. The van der Waals surface area contributed by atoms with E-state index in [1.807, 2.05) is 38.1 Å². The predicted octanol–water partition coefficient (Wildman–Crippen LogP) is 3.78. The lowest BCUT2D eigenvalue weighted by molar-refractivity contribution is 0.0992. The third kappa shape index (κ3) is 3.17. The van der Waals surface area contributed by atoms with Crippen molar-refractivity contribution in [2.45, 2.75) is 20.3 Å². The molecule has 0 amide bonds. The predicted molar refractivity (Wildman–Crippen MR) is 73.2 cm³/mol. The van der Waals surface area contributed by atoms with Crippen molar-refractivity contribution in [2.75, 3.05) is 0 Å². The number of Topliss-reactive ketones (excluding diaryl/α,β-unsaturated/α-hetero) is 1. The monoisotopic (exact) mass is 259 g/mol. The first kappa shape index (κ1) is 12.8. The Kier molecular flexibility index (Phi) is 3.78. The highest BCUT2D eigenvalue weighted by atomic mass is 35.5. The van der Waals surface area contributed by atoms with Gasteiger partial charge in [-0.25, -0.2) is 0 Å². The van der Waals surface area contributed by atoms with E-state index >= 15 is 0 Å². The quantitative estimate of drug-likeness (QED) is 0.786. The fraction of sp³-hybridized carbons (Fsp3) is 0.200. The number of hydrogen-bond acceptors (Lipinski definition) is 2. The lowest BCUT2D eigenvalue weighted by Gasteiger charge is -2.04. The van der Waals surface area contributed by atoms with Crippen molar-refractivity contribution >= 4 is 17.4 Å². The molecule has 0 aliphatic rings. The summed E-state index contributed by atoms with van der Waals surface area (Å²) in [6, 6.07) is 9.22. The Bertz CT molecular complexity index is 555. The summed E-state index contributed by atoms with van der Waals surface area (Å²) in [5.41, 5.74) is 3.50. The standard InChI is InChI=1S/C15H14ClNO/c1-10-3-4-14(17-9-10)8-15(18)12-5-11(2)6-13(16)7-12/h3-7,9H,8H2,1-2H3. The van der Waals surface area contributed by atoms with Crippen molar-refractivity contribution in [1.82, 2.24) is 4.98 Å². The average molecular weight is 260 g/mol. The number of pyridine rings is 1. The third-order valence-electron chi connectivity index (χ3n) is 2.68. The fourth-order valence-corrected chi connectivity index (χ4v) is 2.06. The third-order valence-corrected chi connectivity index (χ3v) is 2.90. The smallest absolute Gasteiger partial charge is 0.168 e. The molecule has 0 aliphatic heterocycles. The van der Waals surface area contributed by atoms with Gasteiger partial charge in [-0.05, 0) is 49.2 Å². The number of benzene rings is 1. The molecule has 0 atom stereocenters. The number of halogens is 1. The van der Waals surface area contributed by atoms with Gasteiger partial charge in [0.05, 0.1) is 6.42 Å². The number of ketones is 1. The van der Waals surface area contributed by atoms with Crippen LogP contribution < -0.4 is 0 Å². The lowest BCUT2D eigenvalue weighted by Crippen LogP contribution is -2.05. The molecular weight excluding hydrogens is 246 g/mol. The van der Waals surface area contributed by atoms with Crippen LogP contribution in [0.2, 0.25) is 5.02 Å². The van der Waals surface area contributed by atoms with Crippen molar-refractivity contribution < 1.29 is 4.79 Å². The van der Waals surface area contributed by atoms with Crippen LogP contribution >= 0.6 is 11.6 Å². The number of aryl methyl sites for hydroxylation is 2. The SMILES string of the molecule is Cc1ccc(CC(=O)c2cc(C)cc(Cl)c2)nc1. The summed E-state index contributed by atoms with van der Waals surface area (Å²) in [6.07, 6.45) is 2.08. The van der Waals surface area contributed by atoms with Gasteiger partial charge in [-0.1, -0.05) is 17.7 Å². The molecule has 0 spiro atoms. The maximum atomic E-state index is 12.1. The van der Waals surface area contributed by atoms with Gasteiger partial charge >= 0.3 is 0 Å². The Hall–Kier alpha value is -1.67. The van der Waals surface area contributed by atoms with Crippen LogP contribution in [0.4, 0.5) is 0 Å². The van der Waals surface area contributed by atoms with E-state index in [-0.39, 0.29) is 5.78 Å². The molecule has 0 aliphatic carbocycles. The topological polar surface area (TPSA) is 30.0 Å². The normalized spacial score (nSPS) is 10.4. The highest BCUT2D eigenvalue weighted by Gasteiger charge is 2.09. The zero-order valence-corrected chi connectivity index (χ0v) is 11.2. The second-order valence-electron chi connectivity index (χ2n) is 4.44. The van der Waals surface area contributed by atoms with Gasteiger partial charge in [0.2, 0.25) is 0 Å². The molecule has 2 aromatic rings. The zero-order chi connectivity index (χ0) is 13.1. The van der Waals surface area contributed by atoms with Gasteiger partial charge in [-0.3, -0.25) is 9.78 Å². The van der Waals surface area contributed by atoms with Crippen molar-refractivity contribution in [3.8, 4) is 0 Å². The molecule has 0 bridgehead atoms. The summed E-state index contributed by atoms with van der Waals surface area (Å²) >= 11 is 5.95. The Morgan fingerprint density at radius 2 is 1.94 bits per heavy atom. The van der Waals surface area contributed by atoms with E-state index in [0.29, 0.717) is 17.0 Å². The van der Waals surface area contributed by atoms with Crippen LogP contribution in [-0.2, 0) is 6.42 Å². The summed E-state index contributed by atoms with van der Waals surface area (Å²) < 4.78 is 0. The Morgan fingerprint density at radius 3 is 2.56 bits per heavy atom. The maximum absolute atomic E-state index is 12.1. The number of rotatable bonds is 3. The fourth-order valence-electron chi connectivity index (χ4n) is 1.77. The molecule has 1 aromatic heterocycles. The molecule has 18 heavy (non-hydrogen) atoms. The summed E-state index contributed by atoms with van der Waals surface area (Å²) in [5, 5.41) is 0.593. The lowest BCUT2D eigenvalue weighted by atomic mass is 10.0. The van der Waals surface area contributed by atoms with Crippen LogP contribution in [0.3, 0.4) is 0 Å². The van der Waals surface area contributed by atoms with E-state index in [9.17, 15) is 4.79 Å². The summed E-state index contributed by atoms with van der Waals surface area (Å²) in [5.74, 6) is 0.0388. The van der Waals surface area contributed by atoms with Gasteiger partial charge in [0.15, 0.2) is 5.78 Å². The molecule has 0 N–H and O–H groups in total. The molecule has 0 fully saturated rings. The largest absolute Gasteiger partial charge is 0.294 e. The molecule has 2 rings (SSSR count). The summed E-state index contributed by atoms with van der Waals surface area (Å²) in [4.78, 5) is 16.3. The van der Waals surface area contributed by atoms with Crippen molar-refractivity contribution in [3.63, 3.8) is 0 Å². The first-order valence-corrected chi connectivity index (χ1v) is 6.14. The average Bonchev–Trinajstić information content (AvgIpc) is 2.31. The Labute approximate surface area is 112 Å². The summed E-state index contributed by atoms with van der Waals surface area (Å²) in [7, 11) is 0. The minimum atomic E-state index is 0.0388. The first-order chi connectivity index (χ1) is 8.54. The highest BCUT2D eigenvalue weighted by molar-refractivity contribution is 6.31. The summed E-state index contributed by atoms with van der Waals surface area (Å²) in [6.45, 7) is 3.89. The van der Waals surface area contributed by atoms with Crippen molar-refractivity contribution in [2.24, 2.45) is 0 Å². The van der Waals surface area contributed by atoms with Crippen LogP contribution in [0, 0.1) is 13.8 Å². The first-order valence-electron chi connectivity index (χ1n) is 5.76. The van der Waals surface area contributed by atoms with Crippen LogP contribution in [-0.4, -0.2) is 10.8 Å². The van der Waals surface area contributed by atoms with E-state index < -0.39 is 0 Å². The van der Waals surface area contributed by atoms with E-state index in [0.717, 1.165) is 16.8 Å². The molecule has 1 aromatic carbocycles. The van der Waals surface area contributed by atoms with E-state index in [1.54, 1.807) is 12.3 Å². The number of carbonyl (C=O) groups excluding carboxylic acids is 1. The second kappa shape index (κ2) is 5.32. The molecule has 1 heterocycles. The molecule has 0 saturated heterocycles. The van der Waals surface area contributed by atoms with Crippen molar-refractivity contribution in [1.29, 1.82) is 0 Å². The Balaban J connectivity index is 2.19. The zero-order valence-electron chi connectivity index (χ0n) is 10.4. The highest BCUT2D eigenvalue weighted by Crippen LogP contribution is 2.16. The van der Waals surface area contributed by atoms with Gasteiger partial charge in [0.1, 0.15) is 0 Å². The van der Waals surface area contributed by atoms with Gasteiger partial charge < -0.3 is 0 Å². The van der Waals surface area contributed by atoms with Gasteiger partial charge in [0.25, 0.3) is 0 Å². The van der Waals surface area contributed by atoms with E-state index in [4.69, 9.17) is 11.6 Å². The van der Waals surface area contributed by atoms with Crippen molar-refractivity contribution in [3.05, 3.63) is 63.9 Å². The molecule has 92 valence electrons. The van der Waals surface area contributed by atoms with Crippen LogP contribution in [0.15, 0.2) is 36.5 Å². The molecule has 2 nitrogen and oxygen atoms in total. The second-order valence-corrected chi connectivity index (χ2v) is 4.88. The van der Waals surface area contributed by atoms with E-state index in [2.05, 4.69) is 4.98 Å². The van der Waals surface area contributed by atoms with E-state index in [1.165, 1.54) is 0 Å². The number of carbonyl (C=O) groups is 1. The van der Waals surface area contributed by atoms with Gasteiger partial charge in [0, 0.05) is 22.5 Å². The van der Waals surface area contributed by atoms with Gasteiger partial charge in [-0.2, -0.15) is 0 Å². The Morgan fingerprint density at radius 1 is 1.17 bits per heavy atom. The minimum absolute atomic E-state index is 0.0388. The molecular formula is C15H14ClNO. The van der Waals surface area contributed by atoms with Gasteiger partial charge in [-0.15, -0.1) is 0 Å². The number of hydrogen-bond donors (Lipinski definition) is 0. The maximum Gasteiger partial charge on any atom is 0.168 e.